The Morgan fingerprint density at radius 3 is 2.21 bits per heavy atom. The number of benzene rings is 4. The average molecular weight is 622 g/mol. The van der Waals surface area contributed by atoms with Crippen molar-refractivity contribution in [3.8, 4) is 17.2 Å². The van der Waals surface area contributed by atoms with Crippen LogP contribution in [0.25, 0.3) is 0 Å². The minimum Gasteiger partial charge on any atom is -0.494 e. The predicted molar refractivity (Wildman–Crippen MR) is 164 cm³/mol. The number of ether oxygens (including phenoxy) is 3. The lowest BCUT2D eigenvalue weighted by Crippen LogP contribution is -2.18. The maximum Gasteiger partial charge on any atom is 0.343 e. The smallest absolute Gasteiger partial charge is 0.343 e. The third-order valence-electron chi connectivity index (χ3n) is 5.86. The molecule has 0 aliphatic carbocycles. The van der Waals surface area contributed by atoms with Crippen molar-refractivity contribution in [1.29, 1.82) is 0 Å². The number of hydrazone groups is 1. The van der Waals surface area contributed by atoms with Crippen LogP contribution in [0.4, 0.5) is 5.69 Å². The van der Waals surface area contributed by atoms with E-state index >= 15 is 0 Å². The van der Waals surface area contributed by atoms with Gasteiger partial charge < -0.3 is 14.2 Å². The topological polar surface area (TPSA) is 132 Å². The Balaban J connectivity index is 1.33. The summed E-state index contributed by atoms with van der Waals surface area (Å²) in [6, 6.07) is 23.1. The first-order valence-electron chi connectivity index (χ1n) is 13.0. The minimum atomic E-state index is -3.82. The monoisotopic (exact) mass is 621 g/mol. The summed E-state index contributed by atoms with van der Waals surface area (Å²) in [6.07, 6.45) is 2.28. The predicted octanol–water partition coefficient (Wildman–Crippen LogP) is 5.92. The standard InChI is InChI=1S/C31H28ClN3O7S/c1-3-18-41-26-13-7-23(8-14-26)31(37)42-28-17-4-21(19-29(28)40-2)20-33-34-30(36)22-5-11-25(12-6-22)35-43(38,39)27-15-9-24(32)10-16-27/h4-17,19-20,35H,3,18H2,1-2H3,(H,34,36)/b33-20+. The molecule has 222 valence electrons. The molecule has 1 amide bonds. The minimum absolute atomic E-state index is 0.0545. The number of hydrogen-bond acceptors (Lipinski definition) is 8. The second kappa shape index (κ2) is 14.3. The van der Waals surface area contributed by atoms with Crippen LogP contribution >= 0.6 is 11.6 Å². The first-order valence-corrected chi connectivity index (χ1v) is 14.9. The van der Waals surface area contributed by atoms with Crippen molar-refractivity contribution < 1.29 is 32.2 Å². The van der Waals surface area contributed by atoms with E-state index in [0.717, 1.165) is 6.42 Å². The van der Waals surface area contributed by atoms with Gasteiger partial charge in [-0.05, 0) is 103 Å². The number of carbonyl (C=O) groups excluding carboxylic acids is 2. The maximum atomic E-state index is 12.6. The van der Waals surface area contributed by atoms with Crippen LogP contribution in [-0.4, -0.2) is 40.2 Å². The van der Waals surface area contributed by atoms with Gasteiger partial charge in [0.15, 0.2) is 11.5 Å². The van der Waals surface area contributed by atoms with Crippen LogP contribution in [0.2, 0.25) is 5.02 Å². The summed E-state index contributed by atoms with van der Waals surface area (Å²) >= 11 is 5.82. The highest BCUT2D eigenvalue weighted by molar-refractivity contribution is 7.92. The number of amides is 1. The molecular weight excluding hydrogens is 594 g/mol. The van der Waals surface area contributed by atoms with Crippen LogP contribution < -0.4 is 24.4 Å². The molecule has 0 saturated carbocycles. The van der Waals surface area contributed by atoms with Gasteiger partial charge in [0.25, 0.3) is 15.9 Å². The van der Waals surface area contributed by atoms with Crippen molar-refractivity contribution >= 4 is 45.4 Å². The zero-order chi connectivity index (χ0) is 30.8. The molecule has 4 rings (SSSR count). The third kappa shape index (κ3) is 8.57. The zero-order valence-electron chi connectivity index (χ0n) is 23.2. The van der Waals surface area contributed by atoms with Gasteiger partial charge in [-0.3, -0.25) is 9.52 Å². The van der Waals surface area contributed by atoms with Crippen LogP contribution in [0, 0.1) is 0 Å². The summed E-state index contributed by atoms with van der Waals surface area (Å²) < 4.78 is 43.9. The van der Waals surface area contributed by atoms with E-state index in [2.05, 4.69) is 15.2 Å². The molecule has 12 heteroatoms. The molecule has 0 saturated heterocycles. The molecule has 0 aliphatic rings. The highest BCUT2D eigenvalue weighted by Crippen LogP contribution is 2.28. The van der Waals surface area contributed by atoms with Crippen LogP contribution in [-0.2, 0) is 10.0 Å². The Morgan fingerprint density at radius 2 is 1.56 bits per heavy atom. The van der Waals surface area contributed by atoms with Gasteiger partial charge in [0, 0.05) is 16.3 Å². The lowest BCUT2D eigenvalue weighted by Gasteiger charge is -2.10. The lowest BCUT2D eigenvalue weighted by molar-refractivity contribution is 0.0729. The first-order chi connectivity index (χ1) is 20.7. The van der Waals surface area contributed by atoms with Crippen molar-refractivity contribution in [2.24, 2.45) is 5.10 Å². The van der Waals surface area contributed by atoms with Gasteiger partial charge in [-0.25, -0.2) is 18.6 Å². The number of anilines is 1. The number of rotatable bonds is 12. The molecule has 0 spiro atoms. The van der Waals surface area contributed by atoms with E-state index in [4.69, 9.17) is 25.8 Å². The molecule has 10 nitrogen and oxygen atoms in total. The number of sulfonamides is 1. The Bertz CT molecular complexity index is 1710. The van der Waals surface area contributed by atoms with E-state index in [0.29, 0.717) is 34.3 Å². The van der Waals surface area contributed by atoms with Crippen LogP contribution in [0.15, 0.2) is 101 Å². The fraction of sp³-hybridized carbons (Fsp3) is 0.129. The number of nitrogens with zero attached hydrogens (tertiary/aromatic N) is 1. The van der Waals surface area contributed by atoms with Gasteiger partial charge in [-0.15, -0.1) is 0 Å². The molecule has 0 heterocycles. The van der Waals surface area contributed by atoms with Gasteiger partial charge in [0.2, 0.25) is 0 Å². The number of hydrogen-bond donors (Lipinski definition) is 2. The molecule has 4 aromatic carbocycles. The molecule has 43 heavy (non-hydrogen) atoms. The van der Waals surface area contributed by atoms with Crippen molar-refractivity contribution in [2.75, 3.05) is 18.4 Å². The van der Waals surface area contributed by atoms with Gasteiger partial charge >= 0.3 is 5.97 Å². The van der Waals surface area contributed by atoms with E-state index in [9.17, 15) is 18.0 Å². The number of carbonyl (C=O) groups is 2. The molecule has 0 atom stereocenters. The summed E-state index contributed by atoms with van der Waals surface area (Å²) in [5.74, 6) is 0.112. The average Bonchev–Trinajstić information content (AvgIpc) is 3.01. The summed E-state index contributed by atoms with van der Waals surface area (Å²) in [7, 11) is -2.38. The zero-order valence-corrected chi connectivity index (χ0v) is 24.8. The first kappa shape index (κ1) is 31.1. The molecule has 0 bridgehead atoms. The van der Waals surface area contributed by atoms with Gasteiger partial charge in [0.1, 0.15) is 5.75 Å². The molecule has 0 fully saturated rings. The van der Waals surface area contributed by atoms with Gasteiger partial charge in [0.05, 0.1) is 30.4 Å². The SMILES string of the molecule is CCCOc1ccc(C(=O)Oc2ccc(/C=N/NC(=O)c3ccc(NS(=O)(=O)c4ccc(Cl)cc4)cc3)cc2OC)cc1. The maximum absolute atomic E-state index is 12.6. The Kier molecular flexibility index (Phi) is 10.4. The number of methoxy groups -OCH3 is 1. The molecule has 0 aromatic heterocycles. The van der Waals surface area contributed by atoms with E-state index < -0.39 is 21.9 Å². The molecule has 0 unspecified atom stereocenters. The van der Waals surface area contributed by atoms with Crippen LogP contribution in [0.5, 0.6) is 17.2 Å². The summed E-state index contributed by atoms with van der Waals surface area (Å²) in [6.45, 7) is 2.60. The summed E-state index contributed by atoms with van der Waals surface area (Å²) in [4.78, 5) is 25.2. The van der Waals surface area contributed by atoms with Crippen LogP contribution in [0.3, 0.4) is 0 Å². The van der Waals surface area contributed by atoms with Crippen molar-refractivity contribution in [1.82, 2.24) is 5.43 Å². The van der Waals surface area contributed by atoms with Crippen molar-refractivity contribution in [3.05, 3.63) is 113 Å². The number of nitrogens with one attached hydrogen (secondary N) is 2. The fourth-order valence-electron chi connectivity index (χ4n) is 3.66. The number of esters is 1. The molecule has 2 N–H and O–H groups in total. The Labute approximate surface area is 254 Å². The summed E-state index contributed by atoms with van der Waals surface area (Å²) in [5.41, 5.74) is 3.88. The van der Waals surface area contributed by atoms with Gasteiger partial charge in [-0.1, -0.05) is 18.5 Å². The number of halogens is 1. The van der Waals surface area contributed by atoms with E-state index in [1.54, 1.807) is 42.5 Å². The van der Waals surface area contributed by atoms with E-state index in [1.165, 1.54) is 61.9 Å². The highest BCUT2D eigenvalue weighted by atomic mass is 35.5. The van der Waals surface area contributed by atoms with E-state index in [-0.39, 0.29) is 21.9 Å². The van der Waals surface area contributed by atoms with Crippen molar-refractivity contribution in [2.45, 2.75) is 18.2 Å². The molecule has 0 aliphatic heterocycles. The van der Waals surface area contributed by atoms with E-state index in [1.807, 2.05) is 6.92 Å². The second-order valence-corrected chi connectivity index (χ2v) is 11.1. The summed E-state index contributed by atoms with van der Waals surface area (Å²) in [5, 5.41) is 4.39. The highest BCUT2D eigenvalue weighted by Gasteiger charge is 2.15. The quantitative estimate of drug-likeness (QED) is 0.0868. The van der Waals surface area contributed by atoms with Gasteiger partial charge in [-0.2, -0.15) is 5.10 Å². The van der Waals surface area contributed by atoms with Crippen LogP contribution in [0.1, 0.15) is 39.6 Å². The fourth-order valence-corrected chi connectivity index (χ4v) is 4.85. The Morgan fingerprint density at radius 1 is 0.884 bits per heavy atom. The van der Waals surface area contributed by atoms with Crippen molar-refractivity contribution in [3.63, 3.8) is 0 Å². The largest absolute Gasteiger partial charge is 0.494 e. The molecule has 0 radical (unpaired) electrons. The Hall–Kier alpha value is -4.87. The molecular formula is C31H28ClN3O7S. The third-order valence-corrected chi connectivity index (χ3v) is 7.51. The molecule has 4 aromatic rings. The lowest BCUT2D eigenvalue weighted by atomic mass is 10.2. The normalized spacial score (nSPS) is 11.1. The second-order valence-electron chi connectivity index (χ2n) is 9.01.